The van der Waals surface area contributed by atoms with Crippen molar-refractivity contribution < 1.29 is 8.78 Å². The SMILES string of the molecule is NNC(c1cccc(Br)c1F)c1ccc(Br)c(Cl)c1F. The number of rotatable bonds is 3. The second-order valence-corrected chi connectivity index (χ2v) is 6.09. The molecule has 0 saturated carbocycles. The predicted octanol–water partition coefficient (Wildman–Crippen LogP) is 4.70. The Labute approximate surface area is 136 Å². The largest absolute Gasteiger partial charge is 0.271 e. The molecule has 2 aromatic rings. The van der Waals surface area contributed by atoms with Gasteiger partial charge in [0.1, 0.15) is 11.6 Å². The Morgan fingerprint density at radius 2 is 1.65 bits per heavy atom. The Hall–Kier alpha value is -0.530. The van der Waals surface area contributed by atoms with Crippen molar-refractivity contribution in [2.24, 2.45) is 5.84 Å². The summed E-state index contributed by atoms with van der Waals surface area (Å²) < 4.78 is 29.1. The molecule has 2 rings (SSSR count). The van der Waals surface area contributed by atoms with Gasteiger partial charge in [-0.3, -0.25) is 5.84 Å². The Kier molecular flexibility index (Phi) is 5.14. The monoisotopic (exact) mass is 424 g/mol. The van der Waals surface area contributed by atoms with Crippen LogP contribution in [0.1, 0.15) is 17.2 Å². The van der Waals surface area contributed by atoms with Gasteiger partial charge in [0, 0.05) is 15.6 Å². The molecule has 0 saturated heterocycles. The maximum Gasteiger partial charge on any atom is 0.148 e. The van der Waals surface area contributed by atoms with Crippen molar-refractivity contribution in [3.05, 3.63) is 67.1 Å². The first-order chi connectivity index (χ1) is 9.47. The average Bonchev–Trinajstić information content (AvgIpc) is 2.44. The van der Waals surface area contributed by atoms with Gasteiger partial charge in [-0.2, -0.15) is 0 Å². The third kappa shape index (κ3) is 2.89. The van der Waals surface area contributed by atoms with Gasteiger partial charge in [-0.05, 0) is 44.0 Å². The lowest BCUT2D eigenvalue weighted by Crippen LogP contribution is -2.30. The van der Waals surface area contributed by atoms with Crippen molar-refractivity contribution in [1.29, 1.82) is 0 Å². The highest BCUT2D eigenvalue weighted by atomic mass is 79.9. The molecule has 2 nitrogen and oxygen atoms in total. The molecule has 0 amide bonds. The summed E-state index contributed by atoms with van der Waals surface area (Å²) in [6.07, 6.45) is 0. The van der Waals surface area contributed by atoms with Crippen LogP contribution in [0.3, 0.4) is 0 Å². The first-order valence-corrected chi connectivity index (χ1v) is 7.47. The van der Waals surface area contributed by atoms with Crippen LogP contribution in [-0.4, -0.2) is 0 Å². The van der Waals surface area contributed by atoms with Crippen molar-refractivity contribution in [1.82, 2.24) is 5.43 Å². The first-order valence-electron chi connectivity index (χ1n) is 5.50. The van der Waals surface area contributed by atoms with Gasteiger partial charge in [0.15, 0.2) is 0 Å². The molecule has 3 N–H and O–H groups in total. The number of nitrogens with two attached hydrogens (primary N) is 1. The van der Waals surface area contributed by atoms with E-state index in [-0.39, 0.29) is 20.6 Å². The lowest BCUT2D eigenvalue weighted by atomic mass is 9.98. The minimum atomic E-state index is -0.849. The quantitative estimate of drug-likeness (QED) is 0.424. The summed E-state index contributed by atoms with van der Waals surface area (Å²) in [5, 5.41) is -0.0712. The topological polar surface area (TPSA) is 38.0 Å². The highest BCUT2D eigenvalue weighted by molar-refractivity contribution is 9.10. The summed E-state index contributed by atoms with van der Waals surface area (Å²) in [6.45, 7) is 0. The van der Waals surface area contributed by atoms with Gasteiger partial charge >= 0.3 is 0 Å². The fourth-order valence-electron chi connectivity index (χ4n) is 1.85. The summed E-state index contributed by atoms with van der Waals surface area (Å²) in [7, 11) is 0. The van der Waals surface area contributed by atoms with Crippen LogP contribution >= 0.6 is 43.5 Å². The molecule has 7 heteroatoms. The lowest BCUT2D eigenvalue weighted by Gasteiger charge is -2.19. The minimum absolute atomic E-state index is 0.0712. The predicted molar refractivity (Wildman–Crippen MR) is 82.4 cm³/mol. The zero-order chi connectivity index (χ0) is 14.9. The highest BCUT2D eigenvalue weighted by Gasteiger charge is 2.23. The fourth-order valence-corrected chi connectivity index (χ4v) is 2.71. The number of nitrogens with one attached hydrogen (secondary N) is 1. The molecule has 0 radical (unpaired) electrons. The van der Waals surface area contributed by atoms with Crippen molar-refractivity contribution in [2.45, 2.75) is 6.04 Å². The molecule has 0 bridgehead atoms. The molecule has 0 spiro atoms. The maximum absolute atomic E-state index is 14.2. The molecule has 1 atom stereocenters. The number of benzene rings is 2. The van der Waals surface area contributed by atoms with E-state index >= 15 is 0 Å². The Morgan fingerprint density at radius 3 is 2.30 bits per heavy atom. The lowest BCUT2D eigenvalue weighted by molar-refractivity contribution is 0.529. The van der Waals surface area contributed by atoms with Crippen LogP contribution in [0, 0.1) is 11.6 Å². The van der Waals surface area contributed by atoms with E-state index in [0.29, 0.717) is 4.47 Å². The zero-order valence-electron chi connectivity index (χ0n) is 9.93. The average molecular weight is 426 g/mol. The van der Waals surface area contributed by atoms with Crippen molar-refractivity contribution in [3.8, 4) is 0 Å². The van der Waals surface area contributed by atoms with Crippen LogP contribution in [0.2, 0.25) is 5.02 Å². The summed E-state index contributed by atoms with van der Waals surface area (Å²) in [4.78, 5) is 0. The van der Waals surface area contributed by atoms with E-state index in [9.17, 15) is 8.78 Å². The molecule has 0 aliphatic carbocycles. The molecular formula is C13H9Br2ClF2N2. The number of hydrogen-bond donors (Lipinski definition) is 2. The van der Waals surface area contributed by atoms with E-state index in [1.165, 1.54) is 12.1 Å². The van der Waals surface area contributed by atoms with Crippen LogP contribution < -0.4 is 11.3 Å². The molecule has 2 aromatic carbocycles. The van der Waals surface area contributed by atoms with Crippen molar-refractivity contribution in [3.63, 3.8) is 0 Å². The Bertz CT molecular complexity index is 653. The number of hydrogen-bond acceptors (Lipinski definition) is 2. The number of hydrazine groups is 1. The third-order valence-electron chi connectivity index (χ3n) is 2.84. The second-order valence-electron chi connectivity index (χ2n) is 4.01. The van der Waals surface area contributed by atoms with Gasteiger partial charge < -0.3 is 0 Å². The molecule has 0 fully saturated rings. The molecule has 0 aromatic heterocycles. The molecule has 20 heavy (non-hydrogen) atoms. The molecule has 0 heterocycles. The Balaban J connectivity index is 2.59. The molecular weight excluding hydrogens is 417 g/mol. The normalized spacial score (nSPS) is 12.5. The van der Waals surface area contributed by atoms with E-state index in [0.717, 1.165) is 0 Å². The Morgan fingerprint density at radius 1 is 1.00 bits per heavy atom. The summed E-state index contributed by atoms with van der Waals surface area (Å²) in [5.41, 5.74) is 2.80. The van der Waals surface area contributed by atoms with Crippen LogP contribution in [-0.2, 0) is 0 Å². The van der Waals surface area contributed by atoms with Gasteiger partial charge in [0.05, 0.1) is 15.5 Å². The van der Waals surface area contributed by atoms with Gasteiger partial charge in [-0.15, -0.1) is 0 Å². The summed E-state index contributed by atoms with van der Waals surface area (Å²) in [6, 6.07) is 6.96. The second kappa shape index (κ2) is 6.49. The van der Waals surface area contributed by atoms with Gasteiger partial charge in [0.2, 0.25) is 0 Å². The van der Waals surface area contributed by atoms with E-state index in [4.69, 9.17) is 17.4 Å². The molecule has 0 aliphatic heterocycles. The molecule has 106 valence electrons. The van der Waals surface area contributed by atoms with E-state index in [1.807, 2.05) is 0 Å². The van der Waals surface area contributed by atoms with Crippen LogP contribution in [0.15, 0.2) is 39.3 Å². The summed E-state index contributed by atoms with van der Waals surface area (Å²) in [5.74, 6) is 4.30. The van der Waals surface area contributed by atoms with Crippen molar-refractivity contribution >= 4 is 43.5 Å². The molecule has 1 unspecified atom stereocenters. The van der Waals surface area contributed by atoms with Crippen LogP contribution in [0.5, 0.6) is 0 Å². The van der Waals surface area contributed by atoms with Gasteiger partial charge in [0.25, 0.3) is 0 Å². The van der Waals surface area contributed by atoms with Gasteiger partial charge in [-0.1, -0.05) is 29.8 Å². The fraction of sp³-hybridized carbons (Fsp3) is 0.0769. The van der Waals surface area contributed by atoms with Crippen molar-refractivity contribution in [2.75, 3.05) is 0 Å². The van der Waals surface area contributed by atoms with E-state index in [2.05, 4.69) is 37.3 Å². The third-order valence-corrected chi connectivity index (χ3v) is 4.71. The maximum atomic E-state index is 14.2. The van der Waals surface area contributed by atoms with Crippen LogP contribution in [0.4, 0.5) is 8.78 Å². The minimum Gasteiger partial charge on any atom is -0.271 e. The first kappa shape index (κ1) is 15.9. The zero-order valence-corrected chi connectivity index (χ0v) is 13.9. The highest BCUT2D eigenvalue weighted by Crippen LogP contribution is 2.34. The summed E-state index contributed by atoms with van der Waals surface area (Å²) >= 11 is 12.1. The standard InChI is InChI=1S/C13H9Br2ClF2N2/c14-8-5-4-7(12(18)10(8)16)13(20-19)6-2-1-3-9(15)11(6)17/h1-5,13,20H,19H2. The van der Waals surface area contributed by atoms with Crippen LogP contribution in [0.25, 0.3) is 0 Å². The van der Waals surface area contributed by atoms with E-state index < -0.39 is 17.7 Å². The number of halogens is 5. The van der Waals surface area contributed by atoms with E-state index in [1.54, 1.807) is 18.2 Å². The van der Waals surface area contributed by atoms with Gasteiger partial charge in [-0.25, -0.2) is 14.2 Å². The smallest absolute Gasteiger partial charge is 0.148 e. The molecule has 0 aliphatic rings.